The van der Waals surface area contributed by atoms with Crippen molar-refractivity contribution >= 4 is 28.4 Å². The standard InChI is InChI=1S/C20H18N6O/c1-12(27)24-18-8-7-16-19(25-18)17(10-22-20(16)21)14-5-3-13(4-6-14)15-9-23-26(2)11-15/h3-11H,1-2H3,(H2,21,22)(H,24,25,27). The van der Waals surface area contributed by atoms with Gasteiger partial charge in [-0.2, -0.15) is 5.10 Å². The van der Waals surface area contributed by atoms with E-state index < -0.39 is 0 Å². The summed E-state index contributed by atoms with van der Waals surface area (Å²) in [4.78, 5) is 20.2. The zero-order valence-electron chi connectivity index (χ0n) is 15.0. The average molecular weight is 358 g/mol. The van der Waals surface area contributed by atoms with E-state index in [9.17, 15) is 4.79 Å². The number of carbonyl (C=O) groups excluding carboxylic acids is 1. The van der Waals surface area contributed by atoms with Gasteiger partial charge in [0.2, 0.25) is 5.91 Å². The third-order valence-electron chi connectivity index (χ3n) is 4.30. The molecule has 0 saturated heterocycles. The second-order valence-electron chi connectivity index (χ2n) is 6.31. The summed E-state index contributed by atoms with van der Waals surface area (Å²) in [7, 11) is 1.89. The number of carbonyl (C=O) groups is 1. The lowest BCUT2D eigenvalue weighted by molar-refractivity contribution is -0.114. The van der Waals surface area contributed by atoms with Crippen molar-refractivity contribution in [2.75, 3.05) is 11.1 Å². The molecular weight excluding hydrogens is 340 g/mol. The van der Waals surface area contributed by atoms with Gasteiger partial charge in [0.1, 0.15) is 11.6 Å². The van der Waals surface area contributed by atoms with Crippen LogP contribution in [0.4, 0.5) is 11.6 Å². The predicted octanol–water partition coefficient (Wildman–Crippen LogP) is 3.24. The van der Waals surface area contributed by atoms with Crippen molar-refractivity contribution in [1.29, 1.82) is 0 Å². The highest BCUT2D eigenvalue weighted by Gasteiger charge is 2.11. The molecule has 0 aliphatic rings. The van der Waals surface area contributed by atoms with Crippen molar-refractivity contribution in [3.05, 3.63) is 55.0 Å². The third kappa shape index (κ3) is 3.22. The minimum Gasteiger partial charge on any atom is -0.383 e. The highest BCUT2D eigenvalue weighted by molar-refractivity contribution is 6.00. The minimum atomic E-state index is -0.175. The van der Waals surface area contributed by atoms with Gasteiger partial charge in [-0.1, -0.05) is 24.3 Å². The van der Waals surface area contributed by atoms with Crippen LogP contribution in [0.15, 0.2) is 55.0 Å². The minimum absolute atomic E-state index is 0.175. The van der Waals surface area contributed by atoms with Crippen LogP contribution in [-0.4, -0.2) is 25.7 Å². The molecule has 7 heteroatoms. The van der Waals surface area contributed by atoms with Gasteiger partial charge in [-0.15, -0.1) is 0 Å². The highest BCUT2D eigenvalue weighted by atomic mass is 16.1. The maximum atomic E-state index is 11.4. The lowest BCUT2D eigenvalue weighted by atomic mass is 10.0. The molecule has 0 radical (unpaired) electrons. The van der Waals surface area contributed by atoms with Crippen LogP contribution in [0.25, 0.3) is 33.2 Å². The van der Waals surface area contributed by atoms with Crippen molar-refractivity contribution in [1.82, 2.24) is 19.7 Å². The molecular formula is C20H18N6O. The number of aromatic nitrogens is 4. The molecule has 3 N–H and O–H groups in total. The lowest BCUT2D eigenvalue weighted by Gasteiger charge is -2.10. The molecule has 4 aromatic rings. The number of nitrogens with zero attached hydrogens (tertiary/aromatic N) is 4. The summed E-state index contributed by atoms with van der Waals surface area (Å²) in [6.07, 6.45) is 5.51. The summed E-state index contributed by atoms with van der Waals surface area (Å²) >= 11 is 0. The quantitative estimate of drug-likeness (QED) is 0.586. The molecule has 0 atom stereocenters. The van der Waals surface area contributed by atoms with Crippen molar-refractivity contribution in [2.45, 2.75) is 6.92 Å². The summed E-state index contributed by atoms with van der Waals surface area (Å²) in [5.74, 6) is 0.711. The van der Waals surface area contributed by atoms with E-state index in [0.29, 0.717) is 17.2 Å². The molecule has 4 rings (SSSR count). The van der Waals surface area contributed by atoms with Crippen LogP contribution in [-0.2, 0) is 11.8 Å². The van der Waals surface area contributed by atoms with Gasteiger partial charge in [-0.05, 0) is 23.3 Å². The molecule has 3 heterocycles. The number of hydrogen-bond donors (Lipinski definition) is 2. The van der Waals surface area contributed by atoms with Crippen LogP contribution >= 0.6 is 0 Å². The number of amides is 1. The molecule has 0 saturated carbocycles. The van der Waals surface area contributed by atoms with E-state index in [2.05, 4.69) is 20.4 Å². The Hall–Kier alpha value is -3.74. The first-order chi connectivity index (χ1) is 13.0. The number of benzene rings is 1. The van der Waals surface area contributed by atoms with E-state index in [4.69, 9.17) is 5.73 Å². The number of anilines is 2. The Bertz CT molecular complexity index is 1150. The number of fused-ring (bicyclic) bond motifs is 1. The first-order valence-corrected chi connectivity index (χ1v) is 8.43. The summed E-state index contributed by atoms with van der Waals surface area (Å²) in [5.41, 5.74) is 10.6. The zero-order chi connectivity index (χ0) is 19.0. The molecule has 1 aromatic carbocycles. The Labute approximate surface area is 155 Å². The molecule has 7 nitrogen and oxygen atoms in total. The topological polar surface area (TPSA) is 98.7 Å². The highest BCUT2D eigenvalue weighted by Crippen LogP contribution is 2.31. The predicted molar refractivity (Wildman–Crippen MR) is 106 cm³/mol. The second-order valence-corrected chi connectivity index (χ2v) is 6.31. The van der Waals surface area contributed by atoms with Gasteiger partial charge in [0.05, 0.1) is 11.7 Å². The number of pyridine rings is 2. The van der Waals surface area contributed by atoms with Gasteiger partial charge in [0.15, 0.2) is 0 Å². The zero-order valence-corrected chi connectivity index (χ0v) is 15.0. The molecule has 27 heavy (non-hydrogen) atoms. The Balaban J connectivity index is 1.80. The van der Waals surface area contributed by atoms with Crippen molar-refractivity contribution in [3.8, 4) is 22.3 Å². The summed E-state index contributed by atoms with van der Waals surface area (Å²) in [5, 5.41) is 7.66. The first kappa shape index (κ1) is 16.7. The average Bonchev–Trinajstić information content (AvgIpc) is 3.08. The fourth-order valence-corrected chi connectivity index (χ4v) is 3.01. The molecule has 134 valence electrons. The number of nitrogen functional groups attached to an aromatic ring is 1. The number of aryl methyl sites for hydroxylation is 1. The molecule has 0 fully saturated rings. The smallest absolute Gasteiger partial charge is 0.222 e. The van der Waals surface area contributed by atoms with Gasteiger partial charge in [-0.3, -0.25) is 9.48 Å². The van der Waals surface area contributed by atoms with Crippen LogP contribution in [0, 0.1) is 0 Å². The second kappa shape index (κ2) is 6.53. The fraction of sp³-hybridized carbons (Fsp3) is 0.100. The molecule has 0 unspecified atom stereocenters. The maximum absolute atomic E-state index is 11.4. The molecule has 3 aromatic heterocycles. The van der Waals surface area contributed by atoms with E-state index in [1.165, 1.54) is 6.92 Å². The molecule has 0 aliphatic carbocycles. The Morgan fingerprint density at radius 2 is 1.78 bits per heavy atom. The van der Waals surface area contributed by atoms with Crippen LogP contribution in [0.2, 0.25) is 0 Å². The van der Waals surface area contributed by atoms with Crippen molar-refractivity contribution in [3.63, 3.8) is 0 Å². The Kier molecular flexibility index (Phi) is 4.04. The number of hydrogen-bond acceptors (Lipinski definition) is 5. The van der Waals surface area contributed by atoms with Crippen molar-refractivity contribution in [2.24, 2.45) is 7.05 Å². The van der Waals surface area contributed by atoms with Gasteiger partial charge in [-0.25, -0.2) is 9.97 Å². The Morgan fingerprint density at radius 1 is 1.04 bits per heavy atom. The molecule has 0 bridgehead atoms. The van der Waals surface area contributed by atoms with Crippen LogP contribution in [0.1, 0.15) is 6.92 Å². The van der Waals surface area contributed by atoms with Crippen LogP contribution in [0.3, 0.4) is 0 Å². The summed E-state index contributed by atoms with van der Waals surface area (Å²) < 4.78 is 1.77. The first-order valence-electron chi connectivity index (χ1n) is 8.43. The molecule has 0 aliphatic heterocycles. The number of rotatable bonds is 3. The molecule has 1 amide bonds. The summed E-state index contributed by atoms with van der Waals surface area (Å²) in [6, 6.07) is 11.6. The van der Waals surface area contributed by atoms with E-state index in [0.717, 1.165) is 27.6 Å². The monoisotopic (exact) mass is 358 g/mol. The van der Waals surface area contributed by atoms with Crippen molar-refractivity contribution < 1.29 is 4.79 Å². The normalized spacial score (nSPS) is 10.9. The molecule has 0 spiro atoms. The number of nitrogens with two attached hydrogens (primary N) is 1. The maximum Gasteiger partial charge on any atom is 0.222 e. The van der Waals surface area contributed by atoms with E-state index in [1.54, 1.807) is 16.9 Å². The van der Waals surface area contributed by atoms with Gasteiger partial charge >= 0.3 is 0 Å². The van der Waals surface area contributed by atoms with E-state index in [-0.39, 0.29) is 5.91 Å². The fourth-order valence-electron chi connectivity index (χ4n) is 3.01. The Morgan fingerprint density at radius 3 is 2.44 bits per heavy atom. The van der Waals surface area contributed by atoms with Gasteiger partial charge in [0, 0.05) is 42.9 Å². The van der Waals surface area contributed by atoms with E-state index in [1.807, 2.05) is 49.8 Å². The van der Waals surface area contributed by atoms with Crippen LogP contribution in [0.5, 0.6) is 0 Å². The largest absolute Gasteiger partial charge is 0.383 e. The third-order valence-corrected chi connectivity index (χ3v) is 4.30. The van der Waals surface area contributed by atoms with Gasteiger partial charge in [0.25, 0.3) is 0 Å². The van der Waals surface area contributed by atoms with E-state index >= 15 is 0 Å². The number of nitrogens with one attached hydrogen (secondary N) is 1. The SMILES string of the molecule is CC(=O)Nc1ccc2c(N)ncc(-c3ccc(-c4cnn(C)c4)cc3)c2n1. The summed E-state index contributed by atoms with van der Waals surface area (Å²) in [6.45, 7) is 1.45. The lowest BCUT2D eigenvalue weighted by Crippen LogP contribution is -2.07. The van der Waals surface area contributed by atoms with Crippen LogP contribution < -0.4 is 11.1 Å². The van der Waals surface area contributed by atoms with Gasteiger partial charge < -0.3 is 11.1 Å².